The van der Waals surface area contributed by atoms with E-state index in [9.17, 15) is 4.39 Å². The molecule has 1 aromatic carbocycles. The molecule has 2 aromatic heterocycles. The third kappa shape index (κ3) is 3.27. The first-order valence-corrected chi connectivity index (χ1v) is 7.87. The van der Waals surface area contributed by atoms with Gasteiger partial charge in [0, 0.05) is 18.7 Å². The summed E-state index contributed by atoms with van der Waals surface area (Å²) >= 11 is 3.20. The van der Waals surface area contributed by atoms with Crippen molar-refractivity contribution in [1.29, 1.82) is 0 Å². The number of aromatic amines is 2. The molecule has 0 unspecified atom stereocenters. The number of H-pyrrole nitrogens is 2. The second-order valence-electron chi connectivity index (χ2n) is 4.95. The Morgan fingerprint density at radius 3 is 2.74 bits per heavy atom. The van der Waals surface area contributed by atoms with Crippen molar-refractivity contribution in [1.82, 2.24) is 20.4 Å². The Morgan fingerprint density at radius 1 is 1.17 bits per heavy atom. The van der Waals surface area contributed by atoms with Gasteiger partial charge in [-0.05, 0) is 40.0 Å². The summed E-state index contributed by atoms with van der Waals surface area (Å²) in [6, 6.07) is 4.81. The van der Waals surface area contributed by atoms with E-state index in [1.54, 1.807) is 24.5 Å². The molecule has 0 aliphatic heterocycles. The molecule has 0 bridgehead atoms. The Bertz CT molecular complexity index is 801. The molecule has 120 valence electrons. The summed E-state index contributed by atoms with van der Waals surface area (Å²) in [6.07, 6.45) is 4.01. The summed E-state index contributed by atoms with van der Waals surface area (Å²) < 4.78 is 13.8. The maximum atomic E-state index is 13.4. The Balaban J connectivity index is 1.95. The van der Waals surface area contributed by atoms with Crippen LogP contribution < -0.4 is 5.32 Å². The molecule has 4 N–H and O–H groups in total. The summed E-state index contributed by atoms with van der Waals surface area (Å²) in [4.78, 5) is 0. The largest absolute Gasteiger partial charge is 0.396 e. The van der Waals surface area contributed by atoms with Gasteiger partial charge < -0.3 is 10.4 Å². The summed E-state index contributed by atoms with van der Waals surface area (Å²) in [7, 11) is 0. The highest BCUT2D eigenvalue weighted by atomic mass is 79.9. The number of hydrogen-bond acceptors (Lipinski definition) is 4. The van der Waals surface area contributed by atoms with Crippen LogP contribution in [0.25, 0.3) is 22.5 Å². The van der Waals surface area contributed by atoms with E-state index in [-0.39, 0.29) is 12.4 Å². The minimum absolute atomic E-state index is 0.124. The minimum Gasteiger partial charge on any atom is -0.396 e. The summed E-state index contributed by atoms with van der Waals surface area (Å²) in [6.45, 7) is 0.758. The SMILES string of the molecule is OCCCNc1cn[nH]c1-c1[nH]ncc1-c1ccc(F)c(Br)c1. The van der Waals surface area contributed by atoms with Crippen LogP contribution in [0.4, 0.5) is 10.1 Å². The maximum Gasteiger partial charge on any atom is 0.137 e. The number of aliphatic hydroxyl groups is 1. The van der Waals surface area contributed by atoms with Gasteiger partial charge in [-0.15, -0.1) is 0 Å². The van der Waals surface area contributed by atoms with Crippen LogP contribution in [-0.2, 0) is 0 Å². The number of aliphatic hydroxyl groups excluding tert-OH is 1. The smallest absolute Gasteiger partial charge is 0.137 e. The lowest BCUT2D eigenvalue weighted by Crippen LogP contribution is -2.03. The van der Waals surface area contributed by atoms with Gasteiger partial charge in [0.1, 0.15) is 11.5 Å². The fraction of sp³-hybridized carbons (Fsp3) is 0.200. The molecular weight excluding hydrogens is 365 g/mol. The van der Waals surface area contributed by atoms with E-state index in [0.29, 0.717) is 17.4 Å². The first-order chi connectivity index (χ1) is 11.2. The van der Waals surface area contributed by atoms with Gasteiger partial charge in [-0.1, -0.05) is 6.07 Å². The Labute approximate surface area is 140 Å². The van der Waals surface area contributed by atoms with Gasteiger partial charge in [-0.3, -0.25) is 10.2 Å². The number of benzene rings is 1. The molecule has 0 radical (unpaired) electrons. The predicted octanol–water partition coefficient (Wildman–Crippen LogP) is 3.16. The van der Waals surface area contributed by atoms with E-state index < -0.39 is 0 Å². The molecule has 0 saturated carbocycles. The van der Waals surface area contributed by atoms with Crippen LogP contribution in [0.3, 0.4) is 0 Å². The highest BCUT2D eigenvalue weighted by Gasteiger charge is 2.16. The van der Waals surface area contributed by atoms with E-state index in [1.165, 1.54) is 6.07 Å². The van der Waals surface area contributed by atoms with E-state index in [0.717, 1.165) is 28.2 Å². The maximum absolute atomic E-state index is 13.4. The molecule has 2 heterocycles. The van der Waals surface area contributed by atoms with Crippen molar-refractivity contribution >= 4 is 21.6 Å². The van der Waals surface area contributed by atoms with Crippen LogP contribution in [0.5, 0.6) is 0 Å². The highest BCUT2D eigenvalue weighted by molar-refractivity contribution is 9.10. The van der Waals surface area contributed by atoms with Gasteiger partial charge in [0.15, 0.2) is 0 Å². The van der Waals surface area contributed by atoms with Crippen molar-refractivity contribution < 1.29 is 9.50 Å². The molecule has 0 amide bonds. The van der Waals surface area contributed by atoms with Crippen molar-refractivity contribution in [2.75, 3.05) is 18.5 Å². The zero-order valence-electron chi connectivity index (χ0n) is 12.1. The van der Waals surface area contributed by atoms with Crippen LogP contribution >= 0.6 is 15.9 Å². The molecule has 0 atom stereocenters. The van der Waals surface area contributed by atoms with E-state index in [4.69, 9.17) is 5.11 Å². The zero-order valence-corrected chi connectivity index (χ0v) is 13.7. The minimum atomic E-state index is -0.313. The molecule has 0 saturated heterocycles. The Kier molecular flexibility index (Phi) is 4.73. The van der Waals surface area contributed by atoms with Crippen LogP contribution in [0.1, 0.15) is 6.42 Å². The van der Waals surface area contributed by atoms with Crippen LogP contribution in [0, 0.1) is 5.82 Å². The predicted molar refractivity (Wildman–Crippen MR) is 89.5 cm³/mol. The summed E-state index contributed by atoms with van der Waals surface area (Å²) in [5, 5.41) is 26.1. The molecule has 6 nitrogen and oxygen atoms in total. The lowest BCUT2D eigenvalue weighted by molar-refractivity contribution is 0.292. The van der Waals surface area contributed by atoms with Crippen molar-refractivity contribution in [3.05, 3.63) is 40.9 Å². The molecule has 0 spiro atoms. The third-order valence-electron chi connectivity index (χ3n) is 3.41. The van der Waals surface area contributed by atoms with Crippen molar-refractivity contribution in [2.24, 2.45) is 0 Å². The summed E-state index contributed by atoms with van der Waals surface area (Å²) in [5.41, 5.74) is 3.99. The third-order valence-corrected chi connectivity index (χ3v) is 4.02. The monoisotopic (exact) mass is 379 g/mol. The van der Waals surface area contributed by atoms with E-state index in [1.807, 2.05) is 0 Å². The summed E-state index contributed by atoms with van der Waals surface area (Å²) in [5.74, 6) is -0.313. The standard InChI is InChI=1S/C15H15BrFN5O/c16-11-6-9(2-3-12(11)17)10-7-19-21-14(10)15-13(8-20-22-15)18-4-1-5-23/h2-3,6-8,18,23H,1,4-5H2,(H,19,21)(H,20,22). The lowest BCUT2D eigenvalue weighted by Gasteiger charge is -2.07. The Morgan fingerprint density at radius 2 is 1.96 bits per heavy atom. The van der Waals surface area contributed by atoms with Crippen LogP contribution in [0.15, 0.2) is 35.1 Å². The molecular formula is C15H15BrFN5O. The van der Waals surface area contributed by atoms with Gasteiger partial charge >= 0.3 is 0 Å². The fourth-order valence-corrected chi connectivity index (χ4v) is 2.65. The number of nitrogens with one attached hydrogen (secondary N) is 3. The van der Waals surface area contributed by atoms with E-state index >= 15 is 0 Å². The number of rotatable bonds is 6. The quantitative estimate of drug-likeness (QED) is 0.495. The van der Waals surface area contributed by atoms with Crippen molar-refractivity contribution in [3.63, 3.8) is 0 Å². The lowest BCUT2D eigenvalue weighted by atomic mass is 10.0. The molecule has 0 aliphatic carbocycles. The number of aromatic nitrogens is 4. The molecule has 0 fully saturated rings. The topological polar surface area (TPSA) is 89.6 Å². The average molecular weight is 380 g/mol. The van der Waals surface area contributed by atoms with Crippen molar-refractivity contribution in [3.8, 4) is 22.5 Å². The molecule has 23 heavy (non-hydrogen) atoms. The second-order valence-corrected chi connectivity index (χ2v) is 5.80. The number of nitrogens with zero attached hydrogens (tertiary/aromatic N) is 2. The van der Waals surface area contributed by atoms with E-state index in [2.05, 4.69) is 41.6 Å². The Hall–Kier alpha value is -2.19. The van der Waals surface area contributed by atoms with Crippen LogP contribution in [-0.4, -0.2) is 38.7 Å². The van der Waals surface area contributed by atoms with Crippen molar-refractivity contribution in [2.45, 2.75) is 6.42 Å². The number of halogens is 2. The van der Waals surface area contributed by atoms with Gasteiger partial charge in [-0.2, -0.15) is 10.2 Å². The fourth-order valence-electron chi connectivity index (χ4n) is 2.27. The molecule has 0 aliphatic rings. The van der Waals surface area contributed by atoms with Crippen LogP contribution in [0.2, 0.25) is 0 Å². The average Bonchev–Trinajstić information content (AvgIpc) is 3.18. The normalized spacial score (nSPS) is 10.9. The van der Waals surface area contributed by atoms with Gasteiger partial charge in [-0.25, -0.2) is 4.39 Å². The molecule has 3 rings (SSSR count). The first kappa shape index (κ1) is 15.7. The molecule has 8 heteroatoms. The zero-order chi connectivity index (χ0) is 16.2. The number of hydrogen-bond donors (Lipinski definition) is 4. The van der Waals surface area contributed by atoms with Gasteiger partial charge in [0.05, 0.1) is 28.2 Å². The highest BCUT2D eigenvalue weighted by Crippen LogP contribution is 2.34. The van der Waals surface area contributed by atoms with Gasteiger partial charge in [0.25, 0.3) is 0 Å². The number of anilines is 1. The second kappa shape index (κ2) is 6.93. The molecule has 3 aromatic rings. The van der Waals surface area contributed by atoms with Gasteiger partial charge in [0.2, 0.25) is 0 Å². The first-order valence-electron chi connectivity index (χ1n) is 7.08.